The van der Waals surface area contributed by atoms with Crippen LogP contribution < -0.4 is 4.57 Å². The zero-order valence-electron chi connectivity index (χ0n) is 8.22. The van der Waals surface area contributed by atoms with E-state index in [1.807, 2.05) is 53.1 Å². The van der Waals surface area contributed by atoms with E-state index in [0.29, 0.717) is 0 Å². The Bertz CT molecular complexity index is 440. The van der Waals surface area contributed by atoms with Gasteiger partial charge in [0.05, 0.1) is 7.05 Å². The van der Waals surface area contributed by atoms with Crippen LogP contribution in [0.15, 0.2) is 55.6 Å². The minimum Gasteiger partial charge on any atom is -0.239 e. The van der Waals surface area contributed by atoms with Crippen LogP contribution in [0.2, 0.25) is 0 Å². The Hall–Kier alpha value is -1.83. The maximum Gasteiger partial charge on any atom is 0.248 e. The molecule has 2 aromatic rings. The summed E-state index contributed by atoms with van der Waals surface area (Å²) >= 11 is 0. The fourth-order valence-electron chi connectivity index (χ4n) is 1.39. The number of imidazole rings is 1. The summed E-state index contributed by atoms with van der Waals surface area (Å²) in [5.74, 6) is 0. The highest BCUT2D eigenvalue weighted by Gasteiger charge is 2.06. The highest BCUT2D eigenvalue weighted by molar-refractivity contribution is 5.62. The number of hydrogen-bond donors (Lipinski definition) is 0. The lowest BCUT2D eigenvalue weighted by Gasteiger charge is -1.99. The SMILES string of the molecule is C=C(c1ccccc1)n1cc[n+](C)c1. The second-order valence-corrected chi connectivity index (χ2v) is 3.30. The van der Waals surface area contributed by atoms with Crippen molar-refractivity contribution in [2.45, 2.75) is 0 Å². The molecule has 2 heteroatoms. The largest absolute Gasteiger partial charge is 0.248 e. The van der Waals surface area contributed by atoms with Crippen molar-refractivity contribution in [1.82, 2.24) is 4.57 Å². The molecule has 0 unspecified atom stereocenters. The second kappa shape index (κ2) is 3.50. The van der Waals surface area contributed by atoms with Crippen molar-refractivity contribution in [2.75, 3.05) is 0 Å². The number of benzene rings is 1. The molecule has 0 aliphatic heterocycles. The lowest BCUT2D eigenvalue weighted by atomic mass is 10.2. The lowest BCUT2D eigenvalue weighted by Crippen LogP contribution is -2.23. The monoisotopic (exact) mass is 185 g/mol. The second-order valence-electron chi connectivity index (χ2n) is 3.30. The first kappa shape index (κ1) is 8.75. The molecule has 0 amide bonds. The van der Waals surface area contributed by atoms with E-state index in [1.165, 1.54) is 0 Å². The zero-order valence-corrected chi connectivity index (χ0v) is 8.22. The highest BCUT2D eigenvalue weighted by atomic mass is 15.1. The van der Waals surface area contributed by atoms with E-state index in [4.69, 9.17) is 0 Å². The fraction of sp³-hybridized carbons (Fsp3) is 0.0833. The molecule has 1 aromatic carbocycles. The Labute approximate surface area is 83.7 Å². The Morgan fingerprint density at radius 1 is 1.29 bits per heavy atom. The van der Waals surface area contributed by atoms with E-state index >= 15 is 0 Å². The van der Waals surface area contributed by atoms with Crippen LogP contribution in [0.1, 0.15) is 5.56 Å². The Kier molecular flexibility index (Phi) is 2.19. The average Bonchev–Trinajstić information content (AvgIpc) is 2.65. The third-order valence-electron chi connectivity index (χ3n) is 2.19. The molecular formula is C12H13N2+. The molecule has 0 bridgehead atoms. The van der Waals surface area contributed by atoms with E-state index in [0.717, 1.165) is 11.3 Å². The van der Waals surface area contributed by atoms with E-state index in [1.54, 1.807) is 0 Å². The zero-order chi connectivity index (χ0) is 9.97. The third kappa shape index (κ3) is 1.59. The van der Waals surface area contributed by atoms with Crippen molar-refractivity contribution >= 4 is 5.70 Å². The van der Waals surface area contributed by atoms with Gasteiger partial charge in [-0.3, -0.25) is 0 Å². The molecule has 1 heterocycles. The molecule has 0 saturated carbocycles. The van der Waals surface area contributed by atoms with Gasteiger partial charge in [0.1, 0.15) is 18.1 Å². The van der Waals surface area contributed by atoms with Crippen molar-refractivity contribution in [3.63, 3.8) is 0 Å². The van der Waals surface area contributed by atoms with Crippen LogP contribution in [0.3, 0.4) is 0 Å². The minimum absolute atomic E-state index is 0.992. The van der Waals surface area contributed by atoms with Gasteiger partial charge in [0.25, 0.3) is 0 Å². The number of aromatic nitrogens is 2. The van der Waals surface area contributed by atoms with Gasteiger partial charge in [-0.25, -0.2) is 9.13 Å². The number of nitrogens with zero attached hydrogens (tertiary/aromatic N) is 2. The maximum absolute atomic E-state index is 4.06. The first-order valence-electron chi connectivity index (χ1n) is 4.55. The minimum atomic E-state index is 0.992. The maximum atomic E-state index is 4.06. The molecular weight excluding hydrogens is 172 g/mol. The Morgan fingerprint density at radius 2 is 2.00 bits per heavy atom. The molecule has 70 valence electrons. The van der Waals surface area contributed by atoms with E-state index in [-0.39, 0.29) is 0 Å². The first-order valence-corrected chi connectivity index (χ1v) is 4.55. The van der Waals surface area contributed by atoms with E-state index < -0.39 is 0 Å². The van der Waals surface area contributed by atoms with Crippen LogP contribution >= 0.6 is 0 Å². The topological polar surface area (TPSA) is 8.81 Å². The van der Waals surface area contributed by atoms with Gasteiger partial charge in [-0.2, -0.15) is 0 Å². The summed E-state index contributed by atoms with van der Waals surface area (Å²) in [6.45, 7) is 4.06. The smallest absolute Gasteiger partial charge is 0.239 e. The number of rotatable bonds is 2. The summed E-state index contributed by atoms with van der Waals surface area (Å²) in [7, 11) is 1.99. The summed E-state index contributed by atoms with van der Waals surface area (Å²) in [6, 6.07) is 10.2. The summed E-state index contributed by atoms with van der Waals surface area (Å²) in [6.07, 6.45) is 5.98. The molecule has 0 spiro atoms. The van der Waals surface area contributed by atoms with Crippen LogP contribution in [0.4, 0.5) is 0 Å². The van der Waals surface area contributed by atoms with Gasteiger partial charge in [-0.05, 0) is 0 Å². The fourth-order valence-corrected chi connectivity index (χ4v) is 1.39. The van der Waals surface area contributed by atoms with Crippen molar-refractivity contribution in [2.24, 2.45) is 7.05 Å². The number of hydrogen-bond acceptors (Lipinski definition) is 0. The molecule has 0 N–H and O–H groups in total. The molecule has 1 aromatic heterocycles. The van der Waals surface area contributed by atoms with Crippen LogP contribution in [-0.4, -0.2) is 4.57 Å². The molecule has 2 nitrogen and oxygen atoms in total. The molecule has 0 saturated heterocycles. The highest BCUT2D eigenvalue weighted by Crippen LogP contribution is 2.12. The van der Waals surface area contributed by atoms with Crippen LogP contribution in [0.25, 0.3) is 5.70 Å². The van der Waals surface area contributed by atoms with Gasteiger partial charge in [-0.15, -0.1) is 0 Å². The van der Waals surface area contributed by atoms with E-state index in [2.05, 4.69) is 18.7 Å². The van der Waals surface area contributed by atoms with Crippen LogP contribution in [0.5, 0.6) is 0 Å². The standard InChI is InChI=1S/C12H13N2/c1-11(12-6-4-3-5-7-12)14-9-8-13(2)10-14/h3-10H,1H2,2H3/q+1. The van der Waals surface area contributed by atoms with Gasteiger partial charge in [-0.1, -0.05) is 36.9 Å². The van der Waals surface area contributed by atoms with Crippen molar-refractivity contribution in [1.29, 1.82) is 0 Å². The summed E-state index contributed by atoms with van der Waals surface area (Å²) in [5, 5.41) is 0. The van der Waals surface area contributed by atoms with Crippen LogP contribution in [-0.2, 0) is 7.05 Å². The predicted molar refractivity (Wildman–Crippen MR) is 56.5 cm³/mol. The van der Waals surface area contributed by atoms with Gasteiger partial charge in [0, 0.05) is 5.56 Å². The quantitative estimate of drug-likeness (QED) is 0.631. The van der Waals surface area contributed by atoms with E-state index in [9.17, 15) is 0 Å². The predicted octanol–water partition coefficient (Wildman–Crippen LogP) is 1.83. The van der Waals surface area contributed by atoms with Crippen LogP contribution in [0, 0.1) is 0 Å². The normalized spacial score (nSPS) is 10.1. The Balaban J connectivity index is 2.34. The molecule has 0 aliphatic carbocycles. The molecule has 14 heavy (non-hydrogen) atoms. The van der Waals surface area contributed by atoms with Gasteiger partial charge in [0.2, 0.25) is 6.33 Å². The summed E-state index contributed by atoms with van der Waals surface area (Å²) in [4.78, 5) is 0. The average molecular weight is 185 g/mol. The van der Waals surface area contributed by atoms with Crippen molar-refractivity contribution < 1.29 is 4.57 Å². The molecule has 2 rings (SSSR count). The van der Waals surface area contributed by atoms with Gasteiger partial charge in [0.15, 0.2) is 0 Å². The number of aryl methyl sites for hydroxylation is 1. The Morgan fingerprint density at radius 3 is 2.57 bits per heavy atom. The van der Waals surface area contributed by atoms with Crippen molar-refractivity contribution in [3.8, 4) is 0 Å². The molecule has 0 radical (unpaired) electrons. The first-order chi connectivity index (χ1) is 6.77. The molecule has 0 atom stereocenters. The molecule has 0 aliphatic rings. The third-order valence-corrected chi connectivity index (χ3v) is 2.19. The summed E-state index contributed by atoms with van der Waals surface area (Å²) in [5.41, 5.74) is 2.13. The molecule has 0 fully saturated rings. The van der Waals surface area contributed by atoms with Crippen molar-refractivity contribution in [3.05, 3.63) is 61.2 Å². The lowest BCUT2D eigenvalue weighted by molar-refractivity contribution is -0.670. The summed E-state index contributed by atoms with van der Waals surface area (Å²) < 4.78 is 4.00. The van der Waals surface area contributed by atoms with Gasteiger partial charge < -0.3 is 0 Å². The van der Waals surface area contributed by atoms with Gasteiger partial charge >= 0.3 is 0 Å².